The molecule has 0 unspecified atom stereocenters. The fourth-order valence-electron chi connectivity index (χ4n) is 2.06. The van der Waals surface area contributed by atoms with Gasteiger partial charge in [0.25, 0.3) is 5.95 Å². The Morgan fingerprint density at radius 1 is 1.25 bits per heavy atom. The minimum atomic E-state index is 0.576. The first kappa shape index (κ1) is 11.3. The molecular weight excluding hydrogens is 272 g/mol. The highest BCUT2D eigenvalue weighted by Gasteiger charge is 2.09. The predicted molar refractivity (Wildman–Crippen MR) is 76.9 cm³/mol. The Kier molecular flexibility index (Phi) is 2.40. The minimum Gasteiger partial charge on any atom is -0.273 e. The molecule has 98 valence electrons. The average Bonchev–Trinajstić information content (AvgIpc) is 3.17. The van der Waals surface area contributed by atoms with E-state index in [9.17, 15) is 0 Å². The number of imidazole rings is 1. The van der Waals surface area contributed by atoms with Crippen molar-refractivity contribution in [3.05, 3.63) is 41.9 Å². The molecule has 4 aromatic rings. The Hall–Kier alpha value is -2.54. The molecule has 7 heteroatoms. The van der Waals surface area contributed by atoms with Crippen molar-refractivity contribution in [2.75, 3.05) is 0 Å². The van der Waals surface area contributed by atoms with Gasteiger partial charge in [0, 0.05) is 18.0 Å². The van der Waals surface area contributed by atoms with Gasteiger partial charge in [-0.05, 0) is 25.1 Å². The molecule has 0 saturated carbocycles. The van der Waals surface area contributed by atoms with Crippen LogP contribution in [-0.2, 0) is 0 Å². The van der Waals surface area contributed by atoms with E-state index >= 15 is 0 Å². The van der Waals surface area contributed by atoms with Crippen molar-refractivity contribution < 1.29 is 0 Å². The Bertz CT molecular complexity index is 873. The van der Waals surface area contributed by atoms with E-state index in [2.05, 4.69) is 31.2 Å². The highest BCUT2D eigenvalue weighted by molar-refractivity contribution is 7.18. The second kappa shape index (κ2) is 4.24. The van der Waals surface area contributed by atoms with Crippen LogP contribution >= 0.6 is 11.3 Å². The molecule has 0 atom stereocenters. The zero-order valence-electron chi connectivity index (χ0n) is 10.6. The van der Waals surface area contributed by atoms with Gasteiger partial charge >= 0.3 is 0 Å². The topological polar surface area (TPSA) is 72.3 Å². The molecular formula is C13H10N6S. The SMILES string of the molecule is Cc1nc2cc(-c3nc(-n4ccnc4)n[nH]3)ccc2s1. The molecule has 4 rings (SSSR count). The van der Waals surface area contributed by atoms with Gasteiger partial charge in [0.15, 0.2) is 5.82 Å². The second-order valence-electron chi connectivity index (χ2n) is 4.37. The van der Waals surface area contributed by atoms with Gasteiger partial charge in [-0.25, -0.2) is 9.97 Å². The lowest BCUT2D eigenvalue weighted by Crippen LogP contribution is -1.92. The van der Waals surface area contributed by atoms with Crippen LogP contribution in [0.2, 0.25) is 0 Å². The number of H-pyrrole nitrogens is 1. The maximum absolute atomic E-state index is 4.50. The van der Waals surface area contributed by atoms with Crippen LogP contribution in [0, 0.1) is 6.92 Å². The summed E-state index contributed by atoms with van der Waals surface area (Å²) in [5.41, 5.74) is 1.97. The van der Waals surface area contributed by atoms with Crippen LogP contribution in [0.15, 0.2) is 36.9 Å². The third kappa shape index (κ3) is 1.79. The van der Waals surface area contributed by atoms with Crippen molar-refractivity contribution in [3.63, 3.8) is 0 Å². The third-order valence-corrected chi connectivity index (χ3v) is 3.93. The summed E-state index contributed by atoms with van der Waals surface area (Å²) in [6.07, 6.45) is 5.17. The van der Waals surface area contributed by atoms with E-state index in [1.54, 1.807) is 34.6 Å². The Morgan fingerprint density at radius 2 is 2.20 bits per heavy atom. The van der Waals surface area contributed by atoms with Crippen LogP contribution in [0.25, 0.3) is 27.6 Å². The number of fused-ring (bicyclic) bond motifs is 1. The second-order valence-corrected chi connectivity index (χ2v) is 5.60. The van der Waals surface area contributed by atoms with Crippen molar-refractivity contribution in [2.45, 2.75) is 6.92 Å². The van der Waals surface area contributed by atoms with Crippen molar-refractivity contribution >= 4 is 21.6 Å². The molecule has 0 spiro atoms. The fraction of sp³-hybridized carbons (Fsp3) is 0.0769. The number of thiazole rings is 1. The lowest BCUT2D eigenvalue weighted by Gasteiger charge is -1.95. The van der Waals surface area contributed by atoms with E-state index in [0.717, 1.165) is 21.9 Å². The van der Waals surface area contributed by atoms with E-state index in [1.165, 1.54) is 4.70 Å². The number of rotatable bonds is 2. The van der Waals surface area contributed by atoms with Gasteiger partial charge in [-0.2, -0.15) is 4.98 Å². The number of nitrogens with zero attached hydrogens (tertiary/aromatic N) is 5. The smallest absolute Gasteiger partial charge is 0.254 e. The number of aromatic amines is 1. The maximum atomic E-state index is 4.50. The van der Waals surface area contributed by atoms with Crippen LogP contribution in [-0.4, -0.2) is 29.7 Å². The number of hydrogen-bond acceptors (Lipinski definition) is 5. The molecule has 1 N–H and O–H groups in total. The molecule has 6 nitrogen and oxygen atoms in total. The molecule has 3 heterocycles. The predicted octanol–water partition coefficient (Wildman–Crippen LogP) is 2.58. The summed E-state index contributed by atoms with van der Waals surface area (Å²) in [5.74, 6) is 1.30. The zero-order chi connectivity index (χ0) is 13.5. The summed E-state index contributed by atoms with van der Waals surface area (Å²) in [6, 6.07) is 6.12. The molecule has 0 aliphatic rings. The highest BCUT2D eigenvalue weighted by atomic mass is 32.1. The van der Waals surface area contributed by atoms with Crippen molar-refractivity contribution in [3.8, 4) is 17.3 Å². The van der Waals surface area contributed by atoms with Crippen LogP contribution < -0.4 is 0 Å². The first-order valence-electron chi connectivity index (χ1n) is 6.08. The standard InChI is InChI=1S/C13H10N6S/c1-8-15-10-6-9(2-3-11(10)20-8)12-16-13(18-17-12)19-5-4-14-7-19/h2-7H,1H3,(H,16,17,18). The van der Waals surface area contributed by atoms with Crippen LogP contribution in [0.4, 0.5) is 0 Å². The minimum absolute atomic E-state index is 0.576. The Labute approximate surface area is 118 Å². The summed E-state index contributed by atoms with van der Waals surface area (Å²) in [7, 11) is 0. The normalized spacial score (nSPS) is 11.2. The summed E-state index contributed by atoms with van der Waals surface area (Å²) in [5, 5.41) is 8.20. The Morgan fingerprint density at radius 3 is 3.05 bits per heavy atom. The van der Waals surface area contributed by atoms with Gasteiger partial charge in [-0.3, -0.25) is 9.67 Å². The van der Waals surface area contributed by atoms with E-state index in [4.69, 9.17) is 0 Å². The van der Waals surface area contributed by atoms with Crippen LogP contribution in [0.3, 0.4) is 0 Å². The van der Waals surface area contributed by atoms with E-state index < -0.39 is 0 Å². The van der Waals surface area contributed by atoms with E-state index in [1.807, 2.05) is 19.1 Å². The molecule has 0 aliphatic heterocycles. The lowest BCUT2D eigenvalue weighted by molar-refractivity contribution is 0.931. The van der Waals surface area contributed by atoms with Gasteiger partial charge in [-0.15, -0.1) is 16.4 Å². The van der Waals surface area contributed by atoms with Gasteiger partial charge in [-0.1, -0.05) is 0 Å². The Balaban J connectivity index is 1.78. The quantitative estimate of drug-likeness (QED) is 0.613. The van der Waals surface area contributed by atoms with Gasteiger partial charge in [0.1, 0.15) is 6.33 Å². The largest absolute Gasteiger partial charge is 0.273 e. The van der Waals surface area contributed by atoms with Crippen LogP contribution in [0.1, 0.15) is 5.01 Å². The first-order valence-corrected chi connectivity index (χ1v) is 6.89. The molecule has 0 aliphatic carbocycles. The highest BCUT2D eigenvalue weighted by Crippen LogP contribution is 2.26. The van der Waals surface area contributed by atoms with Gasteiger partial charge in [0.05, 0.1) is 15.2 Å². The fourth-order valence-corrected chi connectivity index (χ4v) is 2.87. The molecule has 0 amide bonds. The number of aryl methyl sites for hydroxylation is 1. The molecule has 0 radical (unpaired) electrons. The number of hydrogen-bond donors (Lipinski definition) is 1. The number of nitrogens with one attached hydrogen (secondary N) is 1. The summed E-state index contributed by atoms with van der Waals surface area (Å²) < 4.78 is 2.94. The molecule has 3 aromatic heterocycles. The summed E-state index contributed by atoms with van der Waals surface area (Å²) >= 11 is 1.69. The number of benzene rings is 1. The third-order valence-electron chi connectivity index (χ3n) is 2.98. The van der Waals surface area contributed by atoms with Crippen molar-refractivity contribution in [2.24, 2.45) is 0 Å². The maximum Gasteiger partial charge on any atom is 0.254 e. The molecule has 0 fully saturated rings. The first-order chi connectivity index (χ1) is 9.79. The van der Waals surface area contributed by atoms with E-state index in [0.29, 0.717) is 5.95 Å². The molecule has 0 saturated heterocycles. The molecule has 20 heavy (non-hydrogen) atoms. The average molecular weight is 282 g/mol. The lowest BCUT2D eigenvalue weighted by atomic mass is 10.2. The van der Waals surface area contributed by atoms with Gasteiger partial charge in [0.2, 0.25) is 0 Å². The molecule has 0 bridgehead atoms. The monoisotopic (exact) mass is 282 g/mol. The van der Waals surface area contributed by atoms with Crippen molar-refractivity contribution in [1.82, 2.24) is 29.7 Å². The molecule has 1 aromatic carbocycles. The summed E-state index contributed by atoms with van der Waals surface area (Å²) in [4.78, 5) is 13.0. The zero-order valence-corrected chi connectivity index (χ0v) is 11.4. The van der Waals surface area contributed by atoms with Crippen molar-refractivity contribution in [1.29, 1.82) is 0 Å². The van der Waals surface area contributed by atoms with Crippen LogP contribution in [0.5, 0.6) is 0 Å². The van der Waals surface area contributed by atoms with Gasteiger partial charge < -0.3 is 0 Å². The summed E-state index contributed by atoms with van der Waals surface area (Å²) in [6.45, 7) is 2.01. The number of aromatic nitrogens is 6. The van der Waals surface area contributed by atoms with E-state index in [-0.39, 0.29) is 0 Å².